The maximum Gasteiger partial charge on any atom is 0.0537 e. The van der Waals surface area contributed by atoms with Gasteiger partial charge in [0.25, 0.3) is 0 Å². The third-order valence-corrected chi connectivity index (χ3v) is 5.24. The Morgan fingerprint density at radius 1 is 1.33 bits per heavy atom. The van der Waals surface area contributed by atoms with E-state index in [4.69, 9.17) is 0 Å². The molecule has 18 heavy (non-hydrogen) atoms. The van der Waals surface area contributed by atoms with Gasteiger partial charge in [0.2, 0.25) is 0 Å². The lowest BCUT2D eigenvalue weighted by Crippen LogP contribution is -2.21. The van der Waals surface area contributed by atoms with Crippen molar-refractivity contribution in [1.82, 2.24) is 15.1 Å². The van der Waals surface area contributed by atoms with Crippen LogP contribution in [0, 0.1) is 16.7 Å². The molecule has 0 spiro atoms. The molecule has 0 radical (unpaired) electrons. The Morgan fingerprint density at radius 2 is 1.94 bits per heavy atom. The fourth-order valence-electron chi connectivity index (χ4n) is 3.50. The van der Waals surface area contributed by atoms with E-state index in [0.29, 0.717) is 22.8 Å². The summed E-state index contributed by atoms with van der Waals surface area (Å²) in [5.74, 6) is 0.675. The van der Waals surface area contributed by atoms with E-state index < -0.39 is 0 Å². The molecule has 0 bridgehead atoms. The van der Waals surface area contributed by atoms with E-state index in [2.05, 4.69) is 63.0 Å². The number of aryl methyl sites for hydroxylation is 1. The Labute approximate surface area is 111 Å². The molecule has 3 nitrogen and oxygen atoms in total. The largest absolute Gasteiger partial charge is 0.313 e. The molecule has 102 valence electrons. The lowest BCUT2D eigenvalue weighted by Gasteiger charge is -2.16. The van der Waals surface area contributed by atoms with Gasteiger partial charge in [-0.25, -0.2) is 0 Å². The Bertz CT molecular complexity index is 403. The minimum absolute atomic E-state index is 0.396. The summed E-state index contributed by atoms with van der Waals surface area (Å²) in [5.41, 5.74) is 2.12. The van der Waals surface area contributed by atoms with Crippen LogP contribution in [0.25, 0.3) is 0 Å². The topological polar surface area (TPSA) is 29.9 Å². The predicted octanol–water partition coefficient (Wildman–Crippen LogP) is 3.24. The van der Waals surface area contributed by atoms with Gasteiger partial charge in [-0.3, -0.25) is 4.68 Å². The molecule has 0 aliphatic heterocycles. The monoisotopic (exact) mass is 249 g/mol. The smallest absolute Gasteiger partial charge is 0.0537 e. The molecular formula is C15H27N3. The van der Waals surface area contributed by atoms with Crippen molar-refractivity contribution in [3.8, 4) is 0 Å². The Hall–Kier alpha value is -0.830. The number of hydrogen-bond donors (Lipinski definition) is 1. The van der Waals surface area contributed by atoms with Gasteiger partial charge < -0.3 is 5.32 Å². The molecule has 1 N–H and O–H groups in total. The highest BCUT2D eigenvalue weighted by atomic mass is 15.3. The maximum absolute atomic E-state index is 4.46. The van der Waals surface area contributed by atoms with E-state index in [1.54, 1.807) is 0 Å². The van der Waals surface area contributed by atoms with Gasteiger partial charge in [-0.05, 0) is 30.2 Å². The molecule has 0 amide bonds. The van der Waals surface area contributed by atoms with Crippen molar-refractivity contribution in [2.24, 2.45) is 16.7 Å². The molecule has 1 unspecified atom stereocenters. The Kier molecular flexibility index (Phi) is 3.30. The van der Waals surface area contributed by atoms with Crippen LogP contribution in [0.2, 0.25) is 0 Å². The van der Waals surface area contributed by atoms with Gasteiger partial charge in [0.1, 0.15) is 0 Å². The second-order valence-corrected chi connectivity index (χ2v) is 6.72. The van der Waals surface area contributed by atoms with Gasteiger partial charge in [-0.2, -0.15) is 5.10 Å². The van der Waals surface area contributed by atoms with Crippen LogP contribution in [0.15, 0.2) is 12.4 Å². The number of hydrogen-bond acceptors (Lipinski definition) is 2. The Balaban J connectivity index is 2.19. The first-order valence-electron chi connectivity index (χ1n) is 7.06. The number of nitrogens with one attached hydrogen (secondary N) is 1. The molecule has 2 rings (SSSR count). The second-order valence-electron chi connectivity index (χ2n) is 6.72. The maximum atomic E-state index is 4.46. The minimum atomic E-state index is 0.396. The summed E-state index contributed by atoms with van der Waals surface area (Å²) in [6, 6.07) is 0.417. The summed E-state index contributed by atoms with van der Waals surface area (Å²) in [7, 11) is 2.06. The van der Waals surface area contributed by atoms with Crippen LogP contribution in [-0.2, 0) is 6.54 Å². The first-order valence-corrected chi connectivity index (χ1v) is 7.06. The highest BCUT2D eigenvalue weighted by molar-refractivity contribution is 5.24. The molecular weight excluding hydrogens is 222 g/mol. The summed E-state index contributed by atoms with van der Waals surface area (Å²) in [5, 5.41) is 7.95. The Morgan fingerprint density at radius 3 is 2.39 bits per heavy atom. The van der Waals surface area contributed by atoms with Crippen LogP contribution in [-0.4, -0.2) is 16.8 Å². The molecule has 1 aliphatic rings. The van der Waals surface area contributed by atoms with Crippen molar-refractivity contribution in [2.45, 2.75) is 53.6 Å². The van der Waals surface area contributed by atoms with Gasteiger partial charge in [0, 0.05) is 24.3 Å². The third kappa shape index (κ3) is 1.89. The average molecular weight is 249 g/mol. The molecule has 1 aromatic heterocycles. The fourth-order valence-corrected chi connectivity index (χ4v) is 3.50. The van der Waals surface area contributed by atoms with Gasteiger partial charge in [0.05, 0.1) is 6.20 Å². The fraction of sp³-hybridized carbons (Fsp3) is 0.800. The van der Waals surface area contributed by atoms with Crippen molar-refractivity contribution in [1.29, 1.82) is 0 Å². The lowest BCUT2D eigenvalue weighted by molar-refractivity contribution is 0.437. The van der Waals surface area contributed by atoms with Crippen LogP contribution in [0.4, 0.5) is 0 Å². The van der Waals surface area contributed by atoms with Crippen LogP contribution in [0.1, 0.15) is 52.6 Å². The first-order chi connectivity index (χ1) is 8.36. The molecule has 1 aliphatic carbocycles. The highest BCUT2D eigenvalue weighted by Crippen LogP contribution is 2.72. The molecule has 3 heteroatoms. The van der Waals surface area contributed by atoms with Gasteiger partial charge >= 0.3 is 0 Å². The summed E-state index contributed by atoms with van der Waals surface area (Å²) in [4.78, 5) is 0. The molecule has 1 aromatic rings. The van der Waals surface area contributed by atoms with E-state index in [9.17, 15) is 0 Å². The quantitative estimate of drug-likeness (QED) is 0.868. The molecule has 1 fully saturated rings. The standard InChI is InChI=1S/C15H27N3/c1-7-8-18-10-11(9-17-18)12(16-6)13-14(2,3)15(13,4)5/h9-10,12-13,16H,7-8H2,1-6H3. The van der Waals surface area contributed by atoms with Crippen molar-refractivity contribution in [3.05, 3.63) is 18.0 Å². The number of aromatic nitrogens is 2. The normalized spacial score (nSPS) is 23.0. The number of nitrogens with zero attached hydrogens (tertiary/aromatic N) is 2. The van der Waals surface area contributed by atoms with E-state index in [-0.39, 0.29) is 0 Å². The van der Waals surface area contributed by atoms with Crippen molar-refractivity contribution in [3.63, 3.8) is 0 Å². The van der Waals surface area contributed by atoms with Crippen LogP contribution in [0.3, 0.4) is 0 Å². The van der Waals surface area contributed by atoms with E-state index in [1.165, 1.54) is 5.56 Å². The molecule has 1 heterocycles. The van der Waals surface area contributed by atoms with E-state index >= 15 is 0 Å². The number of rotatable bonds is 5. The SMILES string of the molecule is CCCn1cc(C(NC)C2C(C)(C)C2(C)C)cn1. The summed E-state index contributed by atoms with van der Waals surface area (Å²) in [6.07, 6.45) is 5.36. The first kappa shape index (κ1) is 13.6. The second kappa shape index (κ2) is 4.37. The van der Waals surface area contributed by atoms with Gasteiger partial charge in [-0.1, -0.05) is 34.6 Å². The highest BCUT2D eigenvalue weighted by Gasteiger charge is 2.67. The molecule has 1 atom stereocenters. The summed E-state index contributed by atoms with van der Waals surface area (Å²) >= 11 is 0. The minimum Gasteiger partial charge on any atom is -0.313 e. The zero-order chi connectivity index (χ0) is 13.6. The van der Waals surface area contributed by atoms with Crippen LogP contribution >= 0.6 is 0 Å². The summed E-state index contributed by atoms with van der Waals surface area (Å²) in [6.45, 7) is 12.7. The van der Waals surface area contributed by atoms with E-state index in [1.807, 2.05) is 6.20 Å². The molecule has 1 saturated carbocycles. The van der Waals surface area contributed by atoms with Crippen LogP contribution < -0.4 is 5.32 Å². The van der Waals surface area contributed by atoms with Crippen molar-refractivity contribution >= 4 is 0 Å². The van der Waals surface area contributed by atoms with E-state index in [0.717, 1.165) is 13.0 Å². The van der Waals surface area contributed by atoms with Gasteiger partial charge in [0.15, 0.2) is 0 Å². The summed E-state index contributed by atoms with van der Waals surface area (Å²) < 4.78 is 2.06. The third-order valence-electron chi connectivity index (χ3n) is 5.24. The lowest BCUT2D eigenvalue weighted by atomic mass is 9.99. The average Bonchev–Trinajstić information content (AvgIpc) is 2.68. The van der Waals surface area contributed by atoms with Gasteiger partial charge in [-0.15, -0.1) is 0 Å². The molecule has 0 aromatic carbocycles. The van der Waals surface area contributed by atoms with Crippen molar-refractivity contribution in [2.75, 3.05) is 7.05 Å². The molecule has 0 saturated heterocycles. The predicted molar refractivity (Wildman–Crippen MR) is 75.4 cm³/mol. The zero-order valence-electron chi connectivity index (χ0n) is 12.6. The zero-order valence-corrected chi connectivity index (χ0v) is 12.6. The van der Waals surface area contributed by atoms with Crippen molar-refractivity contribution < 1.29 is 0 Å². The van der Waals surface area contributed by atoms with Crippen LogP contribution in [0.5, 0.6) is 0 Å².